The van der Waals surface area contributed by atoms with Crippen LogP contribution in [0.5, 0.6) is 0 Å². The molecule has 13 heavy (non-hydrogen) atoms. The van der Waals surface area contributed by atoms with Crippen molar-refractivity contribution < 1.29 is 0 Å². The molecular formula is C10H27GeNSi. The molecular weight excluding hydrogens is 235 g/mol. The van der Waals surface area contributed by atoms with Crippen molar-refractivity contribution in [2.24, 2.45) is 0 Å². The predicted octanol–water partition coefficient (Wildman–Crippen LogP) is 3.76. The molecule has 1 nitrogen and oxygen atoms in total. The van der Waals surface area contributed by atoms with Gasteiger partial charge in [0, 0.05) is 0 Å². The molecule has 80 valence electrons. The molecule has 0 aromatic heterocycles. The van der Waals surface area contributed by atoms with E-state index in [0.29, 0.717) is 5.54 Å². The van der Waals surface area contributed by atoms with Gasteiger partial charge in [0.05, 0.1) is 0 Å². The Hall–Kier alpha value is 0.720. The molecule has 0 aliphatic carbocycles. The third-order valence-corrected chi connectivity index (χ3v) is 16.0. The van der Waals surface area contributed by atoms with E-state index in [1.54, 1.807) is 0 Å². The van der Waals surface area contributed by atoms with Crippen molar-refractivity contribution in [1.82, 2.24) is 3.52 Å². The molecule has 0 N–H and O–H groups in total. The van der Waals surface area contributed by atoms with E-state index in [2.05, 4.69) is 61.2 Å². The van der Waals surface area contributed by atoms with Gasteiger partial charge in [0.1, 0.15) is 0 Å². The second-order valence-corrected chi connectivity index (χ2v) is 22.6. The molecule has 0 aromatic carbocycles. The van der Waals surface area contributed by atoms with Crippen molar-refractivity contribution >= 4 is 21.7 Å². The molecule has 0 radical (unpaired) electrons. The van der Waals surface area contributed by atoms with Crippen LogP contribution in [0.15, 0.2) is 0 Å². The molecule has 0 saturated carbocycles. The van der Waals surface area contributed by atoms with Gasteiger partial charge in [-0.2, -0.15) is 0 Å². The van der Waals surface area contributed by atoms with Crippen LogP contribution in [0, 0.1) is 0 Å². The fourth-order valence-electron chi connectivity index (χ4n) is 3.02. The topological polar surface area (TPSA) is 3.24 Å². The summed E-state index contributed by atoms with van der Waals surface area (Å²) in [6, 6.07) is 0. The van der Waals surface area contributed by atoms with Crippen LogP contribution in [-0.2, 0) is 0 Å². The zero-order chi connectivity index (χ0) is 11.1. The first-order chi connectivity index (χ1) is 5.37. The Kier molecular flexibility index (Phi) is 3.91. The Morgan fingerprint density at radius 3 is 1.23 bits per heavy atom. The van der Waals surface area contributed by atoms with Gasteiger partial charge in [0.2, 0.25) is 0 Å². The van der Waals surface area contributed by atoms with Crippen molar-refractivity contribution in [3.05, 3.63) is 0 Å². The van der Waals surface area contributed by atoms with Gasteiger partial charge < -0.3 is 0 Å². The van der Waals surface area contributed by atoms with Gasteiger partial charge in [-0.15, -0.1) is 0 Å². The molecule has 0 saturated heterocycles. The molecule has 0 aliphatic rings. The van der Waals surface area contributed by atoms with Crippen LogP contribution in [0.3, 0.4) is 0 Å². The summed E-state index contributed by atoms with van der Waals surface area (Å²) >= 11 is -1.67. The van der Waals surface area contributed by atoms with Crippen LogP contribution in [0.2, 0.25) is 36.9 Å². The fraction of sp³-hybridized carbons (Fsp3) is 1.00. The van der Waals surface area contributed by atoms with Gasteiger partial charge in [0.15, 0.2) is 0 Å². The van der Waals surface area contributed by atoms with E-state index in [-0.39, 0.29) is 0 Å². The molecule has 0 aliphatic heterocycles. The van der Waals surface area contributed by atoms with Crippen LogP contribution in [0.1, 0.15) is 20.8 Å². The molecule has 0 amide bonds. The van der Waals surface area contributed by atoms with Gasteiger partial charge >= 0.3 is 88.5 Å². The number of hydrogen-bond acceptors (Lipinski definition) is 1. The molecule has 0 bridgehead atoms. The fourth-order valence-corrected chi connectivity index (χ4v) is 23.9. The third-order valence-electron chi connectivity index (χ3n) is 2.01. The summed E-state index contributed by atoms with van der Waals surface area (Å²) in [4.78, 5) is 0. The minimum absolute atomic E-state index is 0.364. The molecule has 0 fully saturated rings. The van der Waals surface area contributed by atoms with E-state index in [4.69, 9.17) is 0 Å². The normalized spacial score (nSPS) is 15.2. The molecule has 0 spiro atoms. The maximum absolute atomic E-state index is 2.89. The Bertz CT molecular complexity index is 138. The first-order valence-electron chi connectivity index (χ1n) is 5.17. The average molecular weight is 262 g/mol. The zero-order valence-corrected chi connectivity index (χ0v) is 14.0. The average Bonchev–Trinajstić information content (AvgIpc) is 1.44. The maximum atomic E-state index is 2.89. The van der Waals surface area contributed by atoms with E-state index in [1.807, 2.05) is 0 Å². The standard InChI is InChI=1S/C10H27GeNSi/c1-10(2,3)12(11(4,5)6)13(7,8)9/h1-9H3. The van der Waals surface area contributed by atoms with E-state index in [1.165, 1.54) is 0 Å². The van der Waals surface area contributed by atoms with Crippen molar-refractivity contribution in [2.75, 3.05) is 0 Å². The third kappa shape index (κ3) is 4.17. The van der Waals surface area contributed by atoms with Crippen LogP contribution in [-0.4, -0.2) is 30.8 Å². The van der Waals surface area contributed by atoms with Crippen LogP contribution in [0.4, 0.5) is 0 Å². The van der Waals surface area contributed by atoms with Crippen LogP contribution < -0.4 is 0 Å². The van der Waals surface area contributed by atoms with E-state index in [9.17, 15) is 0 Å². The van der Waals surface area contributed by atoms with Gasteiger partial charge in [-0.05, 0) is 0 Å². The Morgan fingerprint density at radius 1 is 0.923 bits per heavy atom. The van der Waals surface area contributed by atoms with E-state index < -0.39 is 21.7 Å². The van der Waals surface area contributed by atoms with Crippen molar-refractivity contribution in [1.29, 1.82) is 0 Å². The first kappa shape index (κ1) is 13.7. The molecule has 3 heteroatoms. The summed E-state index contributed by atoms with van der Waals surface area (Å²) in [6.07, 6.45) is 0. The van der Waals surface area contributed by atoms with Gasteiger partial charge in [-0.25, -0.2) is 0 Å². The Labute approximate surface area is 88.6 Å². The van der Waals surface area contributed by atoms with E-state index in [0.717, 1.165) is 0 Å². The number of nitrogens with zero attached hydrogens (tertiary/aromatic N) is 1. The minimum atomic E-state index is -1.67. The predicted molar refractivity (Wildman–Crippen MR) is 68.3 cm³/mol. The molecule has 0 rings (SSSR count). The Balaban J connectivity index is 5.02. The first-order valence-corrected chi connectivity index (χ1v) is 15.9. The monoisotopic (exact) mass is 263 g/mol. The second-order valence-electron chi connectivity index (χ2n) is 6.85. The summed E-state index contributed by atoms with van der Waals surface area (Å²) in [7, 11) is -1.14. The summed E-state index contributed by atoms with van der Waals surface area (Å²) in [6.45, 7) is 14.5. The van der Waals surface area contributed by atoms with Crippen molar-refractivity contribution in [3.8, 4) is 0 Å². The molecule has 0 heterocycles. The van der Waals surface area contributed by atoms with Crippen molar-refractivity contribution in [3.63, 3.8) is 0 Å². The quantitative estimate of drug-likeness (QED) is 0.685. The van der Waals surface area contributed by atoms with Gasteiger partial charge in [-0.1, -0.05) is 0 Å². The number of rotatable bonds is 2. The van der Waals surface area contributed by atoms with Crippen molar-refractivity contribution in [2.45, 2.75) is 63.2 Å². The Morgan fingerprint density at radius 2 is 1.23 bits per heavy atom. The summed E-state index contributed by atoms with van der Waals surface area (Å²) in [5, 5.41) is 0. The molecule has 0 aromatic rings. The SMILES string of the molecule is CC(C)(C)[N]([Si](C)(C)C)[Ge]([CH3])([CH3])[CH3]. The summed E-state index contributed by atoms with van der Waals surface area (Å²) < 4.78 is 2.89. The molecule has 0 atom stereocenters. The second kappa shape index (κ2) is 3.70. The number of hydrogen-bond donors (Lipinski definition) is 0. The van der Waals surface area contributed by atoms with Gasteiger partial charge in [0.25, 0.3) is 0 Å². The molecule has 0 unspecified atom stereocenters. The van der Waals surface area contributed by atoms with Gasteiger partial charge in [-0.3, -0.25) is 0 Å². The van der Waals surface area contributed by atoms with E-state index >= 15 is 0 Å². The summed E-state index contributed by atoms with van der Waals surface area (Å²) in [5.74, 6) is 7.51. The van der Waals surface area contributed by atoms with Crippen LogP contribution >= 0.6 is 0 Å². The summed E-state index contributed by atoms with van der Waals surface area (Å²) in [5.41, 5.74) is 0.364. The zero-order valence-electron chi connectivity index (χ0n) is 10.9. The van der Waals surface area contributed by atoms with Crippen LogP contribution in [0.25, 0.3) is 0 Å².